The van der Waals surface area contributed by atoms with Crippen LogP contribution >= 0.6 is 0 Å². The van der Waals surface area contributed by atoms with Gasteiger partial charge in [0.25, 0.3) is 0 Å². The number of hydrogen-bond donors (Lipinski definition) is 0. The van der Waals surface area contributed by atoms with Gasteiger partial charge in [0.15, 0.2) is 0 Å². The average molecular weight is 729 g/mol. The number of rotatable bonds is 5. The van der Waals surface area contributed by atoms with Crippen LogP contribution in [0.4, 0.5) is 0 Å². The normalized spacial score (nSPS) is 11.9. The Morgan fingerprint density at radius 1 is 0.228 bits per heavy atom. The number of furan rings is 3. The van der Waals surface area contributed by atoms with Crippen LogP contribution in [0.15, 0.2) is 207 Å². The zero-order chi connectivity index (χ0) is 37.5. The van der Waals surface area contributed by atoms with E-state index in [1.807, 2.05) is 24.3 Å². The summed E-state index contributed by atoms with van der Waals surface area (Å²) in [5.74, 6) is 0. The maximum Gasteiger partial charge on any atom is 0.143 e. The lowest BCUT2D eigenvalue weighted by Crippen LogP contribution is -1.85. The predicted octanol–water partition coefficient (Wildman–Crippen LogP) is 15.7. The molecule has 57 heavy (non-hydrogen) atoms. The van der Waals surface area contributed by atoms with Gasteiger partial charge in [0.2, 0.25) is 0 Å². The molecule has 0 unspecified atom stereocenters. The van der Waals surface area contributed by atoms with E-state index in [0.29, 0.717) is 0 Å². The van der Waals surface area contributed by atoms with Gasteiger partial charge >= 0.3 is 0 Å². The standard InChI is InChI=1S/C54H32O3/c1-3-21-48-43(16-1)46-31-37(24-26-50(46)55-48)34-11-5-10-33(28-34)35-12-6-14-39(29-35)41-18-9-23-52-53(41)45-20-8-19-42(54(45)57-52)40-15-7-13-36(30-40)38-25-27-51-47(32-38)44-17-2-4-22-49(44)56-51/h1-32H. The fourth-order valence-corrected chi connectivity index (χ4v) is 8.74. The second kappa shape index (κ2) is 12.5. The number of benzene rings is 9. The topological polar surface area (TPSA) is 39.4 Å². The molecule has 12 aromatic rings. The van der Waals surface area contributed by atoms with Crippen LogP contribution in [0.2, 0.25) is 0 Å². The van der Waals surface area contributed by atoms with Gasteiger partial charge in [0.05, 0.1) is 0 Å². The molecular weight excluding hydrogens is 697 g/mol. The molecule has 9 aromatic carbocycles. The van der Waals surface area contributed by atoms with E-state index in [-0.39, 0.29) is 0 Å². The monoisotopic (exact) mass is 728 g/mol. The molecule has 0 fully saturated rings. The highest BCUT2D eigenvalue weighted by atomic mass is 16.3. The Hall–Kier alpha value is -7.62. The molecule has 12 rings (SSSR count). The summed E-state index contributed by atoms with van der Waals surface area (Å²) in [6.07, 6.45) is 0. The molecule has 3 heterocycles. The van der Waals surface area contributed by atoms with Gasteiger partial charge < -0.3 is 13.3 Å². The third kappa shape index (κ3) is 5.13. The summed E-state index contributed by atoms with van der Waals surface area (Å²) in [4.78, 5) is 0. The van der Waals surface area contributed by atoms with Crippen molar-refractivity contribution in [2.24, 2.45) is 0 Å². The zero-order valence-electron chi connectivity index (χ0n) is 30.7. The number of fused-ring (bicyclic) bond motifs is 9. The summed E-state index contributed by atoms with van der Waals surface area (Å²) in [7, 11) is 0. The van der Waals surface area contributed by atoms with Crippen LogP contribution in [0, 0.1) is 0 Å². The molecule has 0 atom stereocenters. The first-order valence-electron chi connectivity index (χ1n) is 19.3. The van der Waals surface area contributed by atoms with Crippen molar-refractivity contribution in [1.29, 1.82) is 0 Å². The van der Waals surface area contributed by atoms with Crippen molar-refractivity contribution in [3.05, 3.63) is 194 Å². The number of para-hydroxylation sites is 3. The summed E-state index contributed by atoms with van der Waals surface area (Å²) in [6, 6.07) is 68.7. The number of hydrogen-bond acceptors (Lipinski definition) is 3. The second-order valence-electron chi connectivity index (χ2n) is 14.8. The molecule has 0 saturated heterocycles. The van der Waals surface area contributed by atoms with Crippen LogP contribution in [-0.2, 0) is 0 Å². The lowest BCUT2D eigenvalue weighted by molar-refractivity contribution is 0.668. The van der Waals surface area contributed by atoms with E-state index >= 15 is 0 Å². The first kappa shape index (κ1) is 31.7. The quantitative estimate of drug-likeness (QED) is 0.177. The predicted molar refractivity (Wildman–Crippen MR) is 235 cm³/mol. The molecule has 0 radical (unpaired) electrons. The molecule has 0 bridgehead atoms. The van der Waals surface area contributed by atoms with E-state index in [1.54, 1.807) is 0 Å². The summed E-state index contributed by atoms with van der Waals surface area (Å²) in [6.45, 7) is 0. The Balaban J connectivity index is 0.923. The van der Waals surface area contributed by atoms with Gasteiger partial charge in [-0.2, -0.15) is 0 Å². The molecule has 3 nitrogen and oxygen atoms in total. The van der Waals surface area contributed by atoms with Crippen molar-refractivity contribution in [3.8, 4) is 55.6 Å². The minimum atomic E-state index is 0.873. The van der Waals surface area contributed by atoms with E-state index in [2.05, 4.69) is 170 Å². The molecule has 0 aliphatic rings. The van der Waals surface area contributed by atoms with E-state index in [9.17, 15) is 0 Å². The van der Waals surface area contributed by atoms with Gasteiger partial charge in [0, 0.05) is 37.9 Å². The van der Waals surface area contributed by atoms with Crippen molar-refractivity contribution in [2.75, 3.05) is 0 Å². The molecule has 0 aliphatic carbocycles. The van der Waals surface area contributed by atoms with Crippen molar-refractivity contribution in [3.63, 3.8) is 0 Å². The molecule has 0 aliphatic heterocycles. The summed E-state index contributed by atoms with van der Waals surface area (Å²) in [5, 5.41) is 6.74. The third-order valence-corrected chi connectivity index (χ3v) is 11.5. The maximum absolute atomic E-state index is 6.75. The second-order valence-corrected chi connectivity index (χ2v) is 14.8. The zero-order valence-corrected chi connectivity index (χ0v) is 30.7. The van der Waals surface area contributed by atoms with E-state index in [1.165, 1.54) is 5.56 Å². The fourth-order valence-electron chi connectivity index (χ4n) is 8.74. The van der Waals surface area contributed by atoms with Crippen molar-refractivity contribution in [1.82, 2.24) is 0 Å². The lowest BCUT2D eigenvalue weighted by Gasteiger charge is -2.10. The fraction of sp³-hybridized carbons (Fsp3) is 0. The Kier molecular flexibility index (Phi) is 6.93. The lowest BCUT2D eigenvalue weighted by atomic mass is 9.93. The van der Waals surface area contributed by atoms with Crippen LogP contribution in [0.25, 0.3) is 121 Å². The first-order chi connectivity index (χ1) is 28.2. The van der Waals surface area contributed by atoms with Gasteiger partial charge in [-0.05, 0) is 111 Å². The van der Waals surface area contributed by atoms with Gasteiger partial charge in [-0.15, -0.1) is 0 Å². The molecule has 266 valence electrons. The van der Waals surface area contributed by atoms with Crippen molar-refractivity contribution < 1.29 is 13.3 Å². The van der Waals surface area contributed by atoms with Crippen LogP contribution in [0.3, 0.4) is 0 Å². The molecule has 3 aromatic heterocycles. The Bertz CT molecular complexity index is 3540. The average Bonchev–Trinajstić information content (AvgIpc) is 3.97. The van der Waals surface area contributed by atoms with E-state index < -0.39 is 0 Å². The third-order valence-electron chi connectivity index (χ3n) is 11.5. The van der Waals surface area contributed by atoms with Crippen LogP contribution in [0.5, 0.6) is 0 Å². The van der Waals surface area contributed by atoms with Crippen LogP contribution < -0.4 is 0 Å². The Labute approximate surface area is 327 Å². The summed E-state index contributed by atoms with van der Waals surface area (Å²) in [5.41, 5.74) is 16.8. The van der Waals surface area contributed by atoms with E-state index in [4.69, 9.17) is 13.3 Å². The van der Waals surface area contributed by atoms with Gasteiger partial charge in [-0.25, -0.2) is 0 Å². The smallest absolute Gasteiger partial charge is 0.143 e. The van der Waals surface area contributed by atoms with Crippen molar-refractivity contribution in [2.45, 2.75) is 0 Å². The van der Waals surface area contributed by atoms with Gasteiger partial charge in [0.1, 0.15) is 33.5 Å². The summed E-state index contributed by atoms with van der Waals surface area (Å²) < 4.78 is 19.0. The van der Waals surface area contributed by atoms with Gasteiger partial charge in [-0.1, -0.05) is 133 Å². The highest BCUT2D eigenvalue weighted by molar-refractivity contribution is 6.16. The Morgan fingerprint density at radius 3 is 1.23 bits per heavy atom. The molecule has 0 spiro atoms. The van der Waals surface area contributed by atoms with Crippen LogP contribution in [-0.4, -0.2) is 0 Å². The molecule has 0 saturated carbocycles. The molecular formula is C54H32O3. The van der Waals surface area contributed by atoms with E-state index in [0.717, 1.165) is 116 Å². The Morgan fingerprint density at radius 2 is 0.632 bits per heavy atom. The highest BCUT2D eigenvalue weighted by Gasteiger charge is 2.17. The molecule has 3 heteroatoms. The van der Waals surface area contributed by atoms with Crippen LogP contribution in [0.1, 0.15) is 0 Å². The summed E-state index contributed by atoms with van der Waals surface area (Å²) >= 11 is 0. The minimum Gasteiger partial charge on any atom is -0.456 e. The van der Waals surface area contributed by atoms with Crippen molar-refractivity contribution >= 4 is 65.8 Å². The minimum absolute atomic E-state index is 0.873. The molecule has 0 N–H and O–H groups in total. The molecule has 0 amide bonds. The van der Waals surface area contributed by atoms with Gasteiger partial charge in [-0.3, -0.25) is 0 Å². The highest BCUT2D eigenvalue weighted by Crippen LogP contribution is 2.42. The largest absolute Gasteiger partial charge is 0.456 e. The first-order valence-corrected chi connectivity index (χ1v) is 19.3. The SMILES string of the molecule is c1cc(-c2cccc(-c3cccc4oc5c(-c6cccc(-c7ccc8oc9ccccc9c8c7)c6)cccc5c34)c2)cc(-c2ccc3oc4ccccc4c3c2)c1. The maximum atomic E-state index is 6.75.